The molecule has 0 spiro atoms. The minimum absolute atomic E-state index is 0.237. The van der Waals surface area contributed by atoms with Crippen LogP contribution >= 0.6 is 0 Å². The fourth-order valence-electron chi connectivity index (χ4n) is 7.91. The molecule has 0 amide bonds. The summed E-state index contributed by atoms with van der Waals surface area (Å²) in [5.41, 5.74) is 6.92. The van der Waals surface area contributed by atoms with Crippen molar-refractivity contribution in [3.05, 3.63) is 83.0 Å². The molecule has 0 bridgehead atoms. The van der Waals surface area contributed by atoms with Gasteiger partial charge in [0, 0.05) is 17.8 Å². The van der Waals surface area contributed by atoms with E-state index in [1.165, 1.54) is 27.8 Å². The molecule has 4 aliphatic rings. The molecule has 178 valence electrons. The summed E-state index contributed by atoms with van der Waals surface area (Å²) in [6.07, 6.45) is 8.18. The highest BCUT2D eigenvalue weighted by atomic mass is 16.3. The van der Waals surface area contributed by atoms with Gasteiger partial charge in [0.05, 0.1) is 0 Å². The smallest absolute Gasteiger partial charge is 0.156 e. The summed E-state index contributed by atoms with van der Waals surface area (Å²) in [6, 6.07) is 19.6. The topological polar surface area (TPSA) is 37.3 Å². The quantitative estimate of drug-likeness (QED) is 0.488. The number of carbonyl (C=O) groups is 1. The zero-order valence-corrected chi connectivity index (χ0v) is 20.8. The lowest BCUT2D eigenvalue weighted by molar-refractivity contribution is -0.114. The molecule has 2 aromatic carbocycles. The van der Waals surface area contributed by atoms with E-state index in [0.717, 1.165) is 38.5 Å². The summed E-state index contributed by atoms with van der Waals surface area (Å²) in [5, 5.41) is 11.8. The van der Waals surface area contributed by atoms with Crippen molar-refractivity contribution in [2.45, 2.75) is 70.3 Å². The third kappa shape index (κ3) is 3.47. The number of rotatable bonds is 2. The van der Waals surface area contributed by atoms with E-state index in [4.69, 9.17) is 0 Å². The van der Waals surface area contributed by atoms with Gasteiger partial charge in [-0.1, -0.05) is 73.0 Å². The minimum Gasteiger partial charge on any atom is -0.377 e. The SMILES string of the molecule is CC#C[C@]1(O)CC[C@H]2[C@@H]3CCC4=CC(=O)CCC4=C3[C@@H](c3ccc(-c4ccccc4)cc3)C[C@@]21C. The minimum atomic E-state index is -0.927. The second-order valence-corrected chi connectivity index (χ2v) is 11.3. The van der Waals surface area contributed by atoms with Crippen molar-refractivity contribution in [3.63, 3.8) is 0 Å². The lowest BCUT2D eigenvalue weighted by Gasteiger charge is -2.53. The fourth-order valence-corrected chi connectivity index (χ4v) is 7.91. The van der Waals surface area contributed by atoms with Crippen LogP contribution in [-0.2, 0) is 4.79 Å². The van der Waals surface area contributed by atoms with E-state index in [-0.39, 0.29) is 17.1 Å². The van der Waals surface area contributed by atoms with Crippen LogP contribution in [0.3, 0.4) is 0 Å². The summed E-state index contributed by atoms with van der Waals surface area (Å²) in [7, 11) is 0. The van der Waals surface area contributed by atoms with Crippen LogP contribution in [0.25, 0.3) is 11.1 Å². The molecule has 2 aromatic rings. The van der Waals surface area contributed by atoms with Crippen molar-refractivity contribution in [2.24, 2.45) is 17.3 Å². The van der Waals surface area contributed by atoms with Gasteiger partial charge in [-0.25, -0.2) is 0 Å². The van der Waals surface area contributed by atoms with Crippen molar-refractivity contribution in [2.75, 3.05) is 0 Å². The number of fused-ring (bicyclic) bond motifs is 4. The molecule has 0 unspecified atom stereocenters. The van der Waals surface area contributed by atoms with Crippen LogP contribution in [0.4, 0.5) is 0 Å². The van der Waals surface area contributed by atoms with Gasteiger partial charge in [0.2, 0.25) is 0 Å². The van der Waals surface area contributed by atoms with E-state index < -0.39 is 5.60 Å². The highest BCUT2D eigenvalue weighted by Gasteiger charge is 2.62. The molecule has 0 aliphatic heterocycles. The van der Waals surface area contributed by atoms with Crippen molar-refractivity contribution < 1.29 is 9.90 Å². The third-order valence-electron chi connectivity index (χ3n) is 9.64. The van der Waals surface area contributed by atoms with Gasteiger partial charge < -0.3 is 5.11 Å². The Balaban J connectivity index is 1.48. The van der Waals surface area contributed by atoms with Gasteiger partial charge in [-0.3, -0.25) is 4.79 Å². The van der Waals surface area contributed by atoms with Gasteiger partial charge >= 0.3 is 0 Å². The highest BCUT2D eigenvalue weighted by molar-refractivity contribution is 5.93. The van der Waals surface area contributed by atoms with Crippen LogP contribution in [0.15, 0.2) is 77.4 Å². The van der Waals surface area contributed by atoms with Crippen molar-refractivity contribution in [3.8, 4) is 23.0 Å². The molecule has 5 atom stereocenters. The zero-order valence-electron chi connectivity index (χ0n) is 20.8. The molecule has 4 aliphatic carbocycles. The summed E-state index contributed by atoms with van der Waals surface area (Å²) < 4.78 is 0. The number of benzene rings is 2. The van der Waals surface area contributed by atoms with Crippen LogP contribution in [0, 0.1) is 29.1 Å². The standard InChI is InChI=1S/C33H34O2/c1-3-18-33(35)19-17-30-28-15-13-25-20-26(34)14-16-27(25)31(28)29(21-32(30,33)2)24-11-9-23(10-12-24)22-7-5-4-6-8-22/h4-12,20,28-30,35H,13-17,19,21H2,1-2H3/t28-,29+,30-,32-,33-/m0/s1. The van der Waals surface area contributed by atoms with Gasteiger partial charge in [-0.05, 0) is 91.2 Å². The van der Waals surface area contributed by atoms with Crippen molar-refractivity contribution >= 4 is 5.78 Å². The average molecular weight is 463 g/mol. The Kier molecular flexibility index (Phi) is 5.39. The molecule has 0 heterocycles. The molecule has 2 heteroatoms. The first-order valence-corrected chi connectivity index (χ1v) is 13.2. The Bertz CT molecular complexity index is 1290. The second kappa shape index (κ2) is 8.35. The first-order chi connectivity index (χ1) is 16.9. The average Bonchev–Trinajstić information content (AvgIpc) is 3.14. The maximum absolute atomic E-state index is 12.2. The highest BCUT2D eigenvalue weighted by Crippen LogP contribution is 2.66. The molecule has 0 radical (unpaired) electrons. The molecule has 1 N–H and O–H groups in total. The Morgan fingerprint density at radius 1 is 0.943 bits per heavy atom. The number of allylic oxidation sites excluding steroid dienone is 4. The number of hydrogen-bond donors (Lipinski definition) is 1. The van der Waals surface area contributed by atoms with E-state index in [0.29, 0.717) is 18.3 Å². The van der Waals surface area contributed by atoms with Crippen molar-refractivity contribution in [1.29, 1.82) is 0 Å². The van der Waals surface area contributed by atoms with E-state index >= 15 is 0 Å². The molecule has 0 aromatic heterocycles. The Hall–Kier alpha value is -2.89. The molecule has 2 fully saturated rings. The summed E-state index contributed by atoms with van der Waals surface area (Å²) in [4.78, 5) is 12.2. The largest absolute Gasteiger partial charge is 0.377 e. The Morgan fingerprint density at radius 3 is 2.43 bits per heavy atom. The Labute approximate surface area is 209 Å². The summed E-state index contributed by atoms with van der Waals surface area (Å²) in [6.45, 7) is 4.15. The molecular formula is C33H34O2. The Morgan fingerprint density at radius 2 is 1.69 bits per heavy atom. The third-order valence-corrected chi connectivity index (χ3v) is 9.64. The van der Waals surface area contributed by atoms with Gasteiger partial charge in [-0.2, -0.15) is 0 Å². The number of aliphatic hydroxyl groups is 1. The molecule has 35 heavy (non-hydrogen) atoms. The molecule has 2 nitrogen and oxygen atoms in total. The van der Waals surface area contributed by atoms with Crippen LogP contribution in [0.1, 0.15) is 70.3 Å². The van der Waals surface area contributed by atoms with Gasteiger partial charge in [-0.15, -0.1) is 5.92 Å². The van der Waals surface area contributed by atoms with Crippen LogP contribution in [0.2, 0.25) is 0 Å². The normalized spacial score (nSPS) is 33.7. The number of hydrogen-bond acceptors (Lipinski definition) is 2. The predicted molar refractivity (Wildman–Crippen MR) is 141 cm³/mol. The summed E-state index contributed by atoms with van der Waals surface area (Å²) in [5.74, 6) is 7.73. The van der Waals surface area contributed by atoms with Gasteiger partial charge in [0.15, 0.2) is 5.78 Å². The van der Waals surface area contributed by atoms with E-state index in [1.54, 1.807) is 5.57 Å². The molecular weight excluding hydrogens is 428 g/mol. The maximum Gasteiger partial charge on any atom is 0.156 e. The summed E-state index contributed by atoms with van der Waals surface area (Å²) >= 11 is 0. The van der Waals surface area contributed by atoms with Crippen LogP contribution in [-0.4, -0.2) is 16.5 Å². The molecule has 6 rings (SSSR count). The maximum atomic E-state index is 12.2. The van der Waals surface area contributed by atoms with Gasteiger partial charge in [0.1, 0.15) is 5.60 Å². The van der Waals surface area contributed by atoms with Crippen molar-refractivity contribution in [1.82, 2.24) is 0 Å². The number of ketones is 1. The first-order valence-electron chi connectivity index (χ1n) is 13.2. The predicted octanol–water partition coefficient (Wildman–Crippen LogP) is 7.01. The molecule has 0 saturated heterocycles. The lowest BCUT2D eigenvalue weighted by Crippen LogP contribution is -2.51. The van der Waals surface area contributed by atoms with E-state index in [9.17, 15) is 9.90 Å². The second-order valence-electron chi connectivity index (χ2n) is 11.3. The van der Waals surface area contributed by atoms with Gasteiger partial charge in [0.25, 0.3) is 0 Å². The fraction of sp³-hybridized carbons (Fsp3) is 0.424. The van der Waals surface area contributed by atoms with E-state index in [1.807, 2.05) is 13.0 Å². The number of carbonyl (C=O) groups excluding carboxylic acids is 1. The monoisotopic (exact) mass is 462 g/mol. The first kappa shape index (κ1) is 22.6. The molecule has 2 saturated carbocycles. The lowest BCUT2D eigenvalue weighted by atomic mass is 9.51. The van der Waals surface area contributed by atoms with Crippen LogP contribution in [0.5, 0.6) is 0 Å². The zero-order chi connectivity index (χ0) is 24.2. The van der Waals surface area contributed by atoms with Crippen LogP contribution < -0.4 is 0 Å². The van der Waals surface area contributed by atoms with E-state index in [2.05, 4.69) is 73.4 Å².